The first-order valence-corrected chi connectivity index (χ1v) is 6.66. The van der Waals surface area contributed by atoms with E-state index in [2.05, 4.69) is 22.1 Å². The first-order valence-electron chi connectivity index (χ1n) is 6.66. The van der Waals surface area contributed by atoms with Crippen LogP contribution >= 0.6 is 0 Å². The van der Waals surface area contributed by atoms with Gasteiger partial charge in [0.25, 0.3) is 5.91 Å². The minimum absolute atomic E-state index is 0.175. The number of aromatic nitrogens is 1. The third kappa shape index (κ3) is 4.75. The molecule has 2 N–H and O–H groups in total. The number of aliphatic hydroxyl groups is 1. The van der Waals surface area contributed by atoms with Crippen LogP contribution < -0.4 is 5.32 Å². The molecular weight excluding hydrogens is 264 g/mol. The highest BCUT2D eigenvalue weighted by Crippen LogP contribution is 2.02. The van der Waals surface area contributed by atoms with E-state index in [4.69, 9.17) is 5.11 Å². The van der Waals surface area contributed by atoms with Gasteiger partial charge < -0.3 is 10.4 Å². The number of nitrogens with zero attached hydrogens (tertiary/aromatic N) is 1. The van der Waals surface area contributed by atoms with E-state index in [1.807, 2.05) is 30.3 Å². The fraction of sp³-hybridized carbons (Fsp3) is 0.176. The number of benzene rings is 1. The van der Waals surface area contributed by atoms with Crippen LogP contribution in [-0.2, 0) is 6.42 Å². The van der Waals surface area contributed by atoms with Gasteiger partial charge in [0.1, 0.15) is 6.61 Å². The van der Waals surface area contributed by atoms with Crippen LogP contribution in [0.15, 0.2) is 48.8 Å². The van der Waals surface area contributed by atoms with Crippen molar-refractivity contribution in [1.82, 2.24) is 10.3 Å². The van der Waals surface area contributed by atoms with E-state index >= 15 is 0 Å². The van der Waals surface area contributed by atoms with E-state index in [9.17, 15) is 4.79 Å². The predicted octanol–water partition coefficient (Wildman–Crippen LogP) is 1.40. The van der Waals surface area contributed by atoms with Crippen molar-refractivity contribution in [2.24, 2.45) is 0 Å². The molecule has 2 rings (SSSR count). The van der Waals surface area contributed by atoms with E-state index in [-0.39, 0.29) is 12.5 Å². The van der Waals surface area contributed by atoms with Crippen molar-refractivity contribution in [2.45, 2.75) is 6.42 Å². The zero-order valence-electron chi connectivity index (χ0n) is 11.5. The molecule has 4 nitrogen and oxygen atoms in total. The maximum atomic E-state index is 12.0. The monoisotopic (exact) mass is 280 g/mol. The Balaban J connectivity index is 1.91. The summed E-state index contributed by atoms with van der Waals surface area (Å²) in [6.07, 6.45) is 3.84. The van der Waals surface area contributed by atoms with Gasteiger partial charge in [0.15, 0.2) is 0 Å². The number of pyridine rings is 1. The molecule has 1 heterocycles. The number of carbonyl (C=O) groups excluding carboxylic acids is 1. The summed E-state index contributed by atoms with van der Waals surface area (Å²) in [5, 5.41) is 11.5. The highest BCUT2D eigenvalue weighted by Gasteiger charge is 2.05. The summed E-state index contributed by atoms with van der Waals surface area (Å²) in [6.45, 7) is 0.350. The van der Waals surface area contributed by atoms with Crippen LogP contribution in [-0.4, -0.2) is 29.1 Å². The van der Waals surface area contributed by atoms with Crippen molar-refractivity contribution < 1.29 is 9.90 Å². The molecule has 4 heteroatoms. The number of rotatable bonds is 4. The van der Waals surface area contributed by atoms with Crippen LogP contribution in [0.4, 0.5) is 0 Å². The topological polar surface area (TPSA) is 62.2 Å². The molecule has 0 unspecified atom stereocenters. The summed E-state index contributed by atoms with van der Waals surface area (Å²) in [7, 11) is 0. The molecule has 0 aliphatic rings. The third-order valence-electron chi connectivity index (χ3n) is 2.85. The summed E-state index contributed by atoms with van der Waals surface area (Å²) in [5.41, 5.74) is 2.26. The quantitative estimate of drug-likeness (QED) is 0.832. The molecule has 21 heavy (non-hydrogen) atoms. The number of nitrogens with one attached hydrogen (secondary N) is 1. The van der Waals surface area contributed by atoms with Crippen LogP contribution in [0.3, 0.4) is 0 Å². The first kappa shape index (κ1) is 14.8. The first-order chi connectivity index (χ1) is 10.3. The molecule has 1 aromatic carbocycles. The number of carbonyl (C=O) groups is 1. The molecule has 0 bridgehead atoms. The summed E-state index contributed by atoms with van der Waals surface area (Å²) in [4.78, 5) is 16.0. The van der Waals surface area contributed by atoms with Crippen molar-refractivity contribution in [2.75, 3.05) is 13.2 Å². The molecule has 1 amide bonds. The third-order valence-corrected chi connectivity index (χ3v) is 2.85. The standard InChI is InChI=1S/C17H16N2O2/c20-10-4-7-15-11-16(13-18-12-15)17(21)19-9-8-14-5-2-1-3-6-14/h1-3,5-6,11-13,20H,8-10H2,(H,19,21). The van der Waals surface area contributed by atoms with Crippen LogP contribution in [0.25, 0.3) is 0 Å². The Labute approximate surface area is 123 Å². The van der Waals surface area contributed by atoms with Crippen LogP contribution in [0.2, 0.25) is 0 Å². The van der Waals surface area contributed by atoms with Crippen molar-refractivity contribution in [3.05, 3.63) is 65.5 Å². The van der Waals surface area contributed by atoms with E-state index < -0.39 is 0 Å². The van der Waals surface area contributed by atoms with Gasteiger partial charge in [-0.3, -0.25) is 9.78 Å². The van der Waals surface area contributed by atoms with Gasteiger partial charge in [-0.1, -0.05) is 42.2 Å². The molecule has 0 aliphatic heterocycles. The minimum Gasteiger partial charge on any atom is -0.384 e. The SMILES string of the molecule is O=C(NCCc1ccccc1)c1cncc(C#CCO)c1. The van der Waals surface area contributed by atoms with E-state index in [1.54, 1.807) is 12.3 Å². The maximum absolute atomic E-state index is 12.0. The fourth-order valence-electron chi connectivity index (χ4n) is 1.84. The number of hydrogen-bond acceptors (Lipinski definition) is 3. The van der Waals surface area contributed by atoms with Gasteiger partial charge in [-0.05, 0) is 18.1 Å². The summed E-state index contributed by atoms with van der Waals surface area (Å²) in [5.74, 6) is 5.08. The molecule has 0 aliphatic carbocycles. The number of hydrogen-bond donors (Lipinski definition) is 2. The Morgan fingerprint density at radius 3 is 2.81 bits per heavy atom. The maximum Gasteiger partial charge on any atom is 0.252 e. The normalized spacial score (nSPS) is 9.57. The van der Waals surface area contributed by atoms with Gasteiger partial charge in [0.2, 0.25) is 0 Å². The lowest BCUT2D eigenvalue weighted by Gasteiger charge is -2.05. The van der Waals surface area contributed by atoms with Crippen LogP contribution in [0.5, 0.6) is 0 Å². The molecule has 0 atom stereocenters. The Morgan fingerprint density at radius 1 is 1.24 bits per heavy atom. The second kappa shape index (κ2) is 7.83. The van der Waals surface area contributed by atoms with Gasteiger partial charge in [0, 0.05) is 24.5 Å². The van der Waals surface area contributed by atoms with E-state index in [0.717, 1.165) is 6.42 Å². The van der Waals surface area contributed by atoms with E-state index in [0.29, 0.717) is 17.7 Å². The van der Waals surface area contributed by atoms with Crippen LogP contribution in [0, 0.1) is 11.8 Å². The molecule has 106 valence electrons. The van der Waals surface area contributed by atoms with Crippen molar-refractivity contribution in [3.8, 4) is 11.8 Å². The van der Waals surface area contributed by atoms with Crippen LogP contribution in [0.1, 0.15) is 21.5 Å². The smallest absolute Gasteiger partial charge is 0.252 e. The average Bonchev–Trinajstić information content (AvgIpc) is 2.54. The molecule has 0 spiro atoms. The number of amides is 1. The zero-order chi connectivity index (χ0) is 14.9. The van der Waals surface area contributed by atoms with E-state index in [1.165, 1.54) is 11.8 Å². The summed E-state index contributed by atoms with van der Waals surface area (Å²) >= 11 is 0. The Hall–Kier alpha value is -2.64. The van der Waals surface area contributed by atoms with Crippen molar-refractivity contribution in [3.63, 3.8) is 0 Å². The lowest BCUT2D eigenvalue weighted by atomic mass is 10.1. The zero-order valence-corrected chi connectivity index (χ0v) is 11.5. The largest absolute Gasteiger partial charge is 0.384 e. The molecule has 0 saturated heterocycles. The molecular formula is C17H16N2O2. The summed E-state index contributed by atoms with van der Waals surface area (Å²) < 4.78 is 0. The van der Waals surface area contributed by atoms with Gasteiger partial charge in [-0.25, -0.2) is 0 Å². The lowest BCUT2D eigenvalue weighted by Crippen LogP contribution is -2.25. The Kier molecular flexibility index (Phi) is 5.50. The Bertz CT molecular complexity index is 657. The fourth-order valence-corrected chi connectivity index (χ4v) is 1.84. The molecule has 1 aromatic heterocycles. The molecule has 0 radical (unpaired) electrons. The second-order valence-electron chi connectivity index (χ2n) is 4.41. The second-order valence-corrected chi connectivity index (χ2v) is 4.41. The highest BCUT2D eigenvalue weighted by molar-refractivity contribution is 5.94. The predicted molar refractivity (Wildman–Crippen MR) is 80.7 cm³/mol. The van der Waals surface area contributed by atoms with Crippen molar-refractivity contribution >= 4 is 5.91 Å². The lowest BCUT2D eigenvalue weighted by molar-refractivity contribution is 0.0953. The van der Waals surface area contributed by atoms with Gasteiger partial charge >= 0.3 is 0 Å². The summed E-state index contributed by atoms with van der Waals surface area (Å²) in [6, 6.07) is 11.6. The van der Waals surface area contributed by atoms with Crippen molar-refractivity contribution in [1.29, 1.82) is 0 Å². The van der Waals surface area contributed by atoms with Gasteiger partial charge in [-0.15, -0.1) is 0 Å². The average molecular weight is 280 g/mol. The highest BCUT2D eigenvalue weighted by atomic mass is 16.2. The molecule has 2 aromatic rings. The minimum atomic E-state index is -0.215. The van der Waals surface area contributed by atoms with Gasteiger partial charge in [-0.2, -0.15) is 0 Å². The Morgan fingerprint density at radius 2 is 2.05 bits per heavy atom. The van der Waals surface area contributed by atoms with Gasteiger partial charge in [0.05, 0.1) is 5.56 Å². The molecule has 0 fully saturated rings. The molecule has 0 saturated carbocycles. The number of aliphatic hydroxyl groups excluding tert-OH is 1.